The molecule has 3 aromatic rings. The Hall–Kier alpha value is -1.86. The van der Waals surface area contributed by atoms with Gasteiger partial charge in [-0.2, -0.15) is 0 Å². The molecule has 19 heavy (non-hydrogen) atoms. The summed E-state index contributed by atoms with van der Waals surface area (Å²) in [6.07, 6.45) is 1.81. The number of pyridine rings is 1. The molecular weight excluding hydrogens is 254 g/mol. The molecule has 2 heteroatoms. The molecular formula is C17H14ClN. The van der Waals surface area contributed by atoms with Gasteiger partial charge in [0.15, 0.2) is 0 Å². The van der Waals surface area contributed by atoms with Crippen LogP contribution in [0, 0.1) is 6.92 Å². The van der Waals surface area contributed by atoms with Crippen molar-refractivity contribution in [2.24, 2.45) is 0 Å². The normalized spacial score (nSPS) is 12.5. The quantitative estimate of drug-likeness (QED) is 0.604. The second kappa shape index (κ2) is 5.02. The number of hydrogen-bond donors (Lipinski definition) is 0. The Balaban J connectivity index is 2.04. The monoisotopic (exact) mass is 267 g/mol. The molecule has 1 atom stereocenters. The summed E-state index contributed by atoms with van der Waals surface area (Å²) in [6, 6.07) is 18.5. The van der Waals surface area contributed by atoms with Crippen molar-refractivity contribution < 1.29 is 0 Å². The fraction of sp³-hybridized carbons (Fsp3) is 0.118. The van der Waals surface area contributed by atoms with Crippen LogP contribution >= 0.6 is 11.6 Å². The topological polar surface area (TPSA) is 12.9 Å². The highest BCUT2D eigenvalue weighted by molar-refractivity contribution is 6.22. The molecule has 0 aliphatic rings. The average Bonchev–Trinajstić information content (AvgIpc) is 2.46. The predicted molar refractivity (Wildman–Crippen MR) is 80.6 cm³/mol. The number of rotatable bonds is 2. The number of aryl methyl sites for hydroxylation is 1. The van der Waals surface area contributed by atoms with Gasteiger partial charge >= 0.3 is 0 Å². The summed E-state index contributed by atoms with van der Waals surface area (Å²) < 4.78 is 0. The van der Waals surface area contributed by atoms with Crippen LogP contribution in [0.4, 0.5) is 0 Å². The number of fused-ring (bicyclic) bond motifs is 1. The van der Waals surface area contributed by atoms with Crippen molar-refractivity contribution in [3.63, 3.8) is 0 Å². The van der Waals surface area contributed by atoms with Crippen LogP contribution in [0.1, 0.15) is 22.1 Å². The summed E-state index contributed by atoms with van der Waals surface area (Å²) in [6.45, 7) is 2.08. The lowest BCUT2D eigenvalue weighted by molar-refractivity contribution is 1.14. The van der Waals surface area contributed by atoms with E-state index in [2.05, 4.69) is 48.3 Å². The molecule has 0 N–H and O–H groups in total. The van der Waals surface area contributed by atoms with Crippen molar-refractivity contribution in [1.82, 2.24) is 4.98 Å². The molecule has 1 nitrogen and oxygen atoms in total. The Morgan fingerprint density at radius 1 is 0.947 bits per heavy atom. The zero-order chi connectivity index (χ0) is 13.2. The first-order valence-electron chi connectivity index (χ1n) is 6.29. The summed E-state index contributed by atoms with van der Waals surface area (Å²) in [5, 5.41) is 1.00. The first-order chi connectivity index (χ1) is 9.24. The summed E-state index contributed by atoms with van der Waals surface area (Å²) >= 11 is 6.58. The molecule has 0 aliphatic carbocycles. The lowest BCUT2D eigenvalue weighted by Gasteiger charge is -2.11. The molecule has 0 spiro atoms. The molecule has 0 radical (unpaired) electrons. The first-order valence-corrected chi connectivity index (χ1v) is 6.73. The number of nitrogens with zero attached hydrogens (tertiary/aromatic N) is 1. The third-order valence-electron chi connectivity index (χ3n) is 3.25. The number of alkyl halides is 1. The maximum absolute atomic E-state index is 6.58. The van der Waals surface area contributed by atoms with Gasteiger partial charge in [0.2, 0.25) is 0 Å². The maximum atomic E-state index is 6.58. The van der Waals surface area contributed by atoms with Crippen LogP contribution in [0.25, 0.3) is 10.9 Å². The standard InChI is InChI=1S/C17H14ClN/c1-12-4-2-5-14(10-12)17(18)15-7-8-16-13(11-15)6-3-9-19-16/h2-11,17H,1H3. The van der Waals surface area contributed by atoms with Crippen molar-refractivity contribution in [1.29, 1.82) is 0 Å². The number of benzene rings is 2. The minimum absolute atomic E-state index is 0.121. The Labute approximate surface area is 117 Å². The molecule has 2 aromatic carbocycles. The third-order valence-corrected chi connectivity index (χ3v) is 3.76. The van der Waals surface area contributed by atoms with Gasteiger partial charge < -0.3 is 0 Å². The van der Waals surface area contributed by atoms with E-state index in [1.54, 1.807) is 6.20 Å². The Kier molecular flexibility index (Phi) is 3.22. The number of halogens is 1. The van der Waals surface area contributed by atoms with E-state index in [1.165, 1.54) is 5.56 Å². The second-order valence-corrected chi connectivity index (χ2v) is 5.17. The molecule has 0 fully saturated rings. The van der Waals surface area contributed by atoms with Crippen molar-refractivity contribution >= 4 is 22.5 Å². The molecule has 0 saturated heterocycles. The highest BCUT2D eigenvalue weighted by Crippen LogP contribution is 2.30. The van der Waals surface area contributed by atoms with E-state index < -0.39 is 0 Å². The average molecular weight is 268 g/mol. The van der Waals surface area contributed by atoms with Crippen molar-refractivity contribution in [2.75, 3.05) is 0 Å². The van der Waals surface area contributed by atoms with E-state index in [0.717, 1.165) is 22.0 Å². The van der Waals surface area contributed by atoms with Crippen LogP contribution in [-0.2, 0) is 0 Å². The van der Waals surface area contributed by atoms with Gasteiger partial charge in [-0.05, 0) is 36.2 Å². The van der Waals surface area contributed by atoms with E-state index >= 15 is 0 Å². The second-order valence-electron chi connectivity index (χ2n) is 4.73. The van der Waals surface area contributed by atoms with E-state index in [1.807, 2.05) is 18.2 Å². The predicted octanol–water partition coefficient (Wildman–Crippen LogP) is 4.87. The summed E-state index contributed by atoms with van der Waals surface area (Å²) in [7, 11) is 0. The molecule has 0 aliphatic heterocycles. The van der Waals surface area contributed by atoms with Gasteiger partial charge in [-0.15, -0.1) is 11.6 Å². The summed E-state index contributed by atoms with van der Waals surface area (Å²) in [5.74, 6) is 0. The molecule has 1 aromatic heterocycles. The van der Waals surface area contributed by atoms with Crippen LogP contribution in [0.2, 0.25) is 0 Å². The maximum Gasteiger partial charge on any atom is 0.0835 e. The number of aromatic nitrogens is 1. The molecule has 0 bridgehead atoms. The van der Waals surface area contributed by atoms with Crippen LogP contribution in [0.15, 0.2) is 60.8 Å². The SMILES string of the molecule is Cc1cccc(C(Cl)c2ccc3ncccc3c2)c1. The van der Waals surface area contributed by atoms with E-state index in [4.69, 9.17) is 11.6 Å². The Morgan fingerprint density at radius 3 is 2.63 bits per heavy atom. The van der Waals surface area contributed by atoms with Crippen LogP contribution in [0.5, 0.6) is 0 Å². The van der Waals surface area contributed by atoms with Gasteiger partial charge in [-0.1, -0.05) is 42.0 Å². The van der Waals surface area contributed by atoms with Gasteiger partial charge in [0.25, 0.3) is 0 Å². The van der Waals surface area contributed by atoms with E-state index in [-0.39, 0.29) is 5.38 Å². The van der Waals surface area contributed by atoms with E-state index in [9.17, 15) is 0 Å². The number of hydrogen-bond acceptors (Lipinski definition) is 1. The fourth-order valence-corrected chi connectivity index (χ4v) is 2.54. The van der Waals surface area contributed by atoms with Gasteiger partial charge in [-0.3, -0.25) is 4.98 Å². The molecule has 94 valence electrons. The lowest BCUT2D eigenvalue weighted by atomic mass is 10.0. The zero-order valence-corrected chi connectivity index (χ0v) is 11.4. The van der Waals surface area contributed by atoms with Gasteiger partial charge in [0.05, 0.1) is 10.9 Å². The fourth-order valence-electron chi connectivity index (χ4n) is 2.27. The van der Waals surface area contributed by atoms with Crippen LogP contribution in [0.3, 0.4) is 0 Å². The minimum Gasteiger partial charge on any atom is -0.256 e. The highest BCUT2D eigenvalue weighted by atomic mass is 35.5. The van der Waals surface area contributed by atoms with Crippen LogP contribution in [-0.4, -0.2) is 4.98 Å². The van der Waals surface area contributed by atoms with Crippen molar-refractivity contribution in [3.8, 4) is 0 Å². The summed E-state index contributed by atoms with van der Waals surface area (Å²) in [4.78, 5) is 4.33. The van der Waals surface area contributed by atoms with Gasteiger partial charge in [0.1, 0.15) is 0 Å². The van der Waals surface area contributed by atoms with Crippen molar-refractivity contribution in [3.05, 3.63) is 77.5 Å². The Bertz CT molecular complexity index is 721. The molecule has 3 rings (SSSR count). The molecule has 0 saturated carbocycles. The highest BCUT2D eigenvalue weighted by Gasteiger charge is 2.11. The largest absolute Gasteiger partial charge is 0.256 e. The van der Waals surface area contributed by atoms with E-state index in [0.29, 0.717) is 0 Å². The minimum atomic E-state index is -0.121. The summed E-state index contributed by atoms with van der Waals surface area (Å²) in [5.41, 5.74) is 4.46. The lowest BCUT2D eigenvalue weighted by Crippen LogP contribution is -1.94. The van der Waals surface area contributed by atoms with Gasteiger partial charge in [-0.25, -0.2) is 0 Å². The molecule has 1 unspecified atom stereocenters. The van der Waals surface area contributed by atoms with Gasteiger partial charge in [0, 0.05) is 11.6 Å². The third kappa shape index (κ3) is 2.47. The van der Waals surface area contributed by atoms with Crippen molar-refractivity contribution in [2.45, 2.75) is 12.3 Å². The molecule has 0 amide bonds. The van der Waals surface area contributed by atoms with Crippen LogP contribution < -0.4 is 0 Å². The first kappa shape index (κ1) is 12.2. The smallest absolute Gasteiger partial charge is 0.0835 e. The molecule has 1 heterocycles. The zero-order valence-electron chi connectivity index (χ0n) is 10.7. The Morgan fingerprint density at radius 2 is 1.79 bits per heavy atom.